The summed E-state index contributed by atoms with van der Waals surface area (Å²) < 4.78 is 26.2. The lowest BCUT2D eigenvalue weighted by molar-refractivity contribution is -0.0895. The summed E-state index contributed by atoms with van der Waals surface area (Å²) in [6, 6.07) is 31.1. The first kappa shape index (κ1) is 37.7. The SMILES string of the molecule is CCCCCCCCCCCCCCCCS[C@@H]1O[C@H](COCc2ccccc2)[C@@H](OCc2ccccc2)[C@@H]1OCc1ccccc1. The summed E-state index contributed by atoms with van der Waals surface area (Å²) in [5, 5.41) is 0. The van der Waals surface area contributed by atoms with Gasteiger partial charge in [-0.15, -0.1) is 11.8 Å². The van der Waals surface area contributed by atoms with Gasteiger partial charge in [-0.2, -0.15) is 0 Å². The molecule has 0 aliphatic carbocycles. The van der Waals surface area contributed by atoms with Crippen molar-refractivity contribution in [2.45, 2.75) is 140 Å². The molecule has 3 aromatic carbocycles. The lowest BCUT2D eigenvalue weighted by atomic mass is 10.0. The highest BCUT2D eigenvalue weighted by atomic mass is 32.2. The number of rotatable bonds is 26. The maximum atomic E-state index is 6.71. The molecule has 0 saturated carbocycles. The highest BCUT2D eigenvalue weighted by Gasteiger charge is 2.46. The molecular weight excluding hydrogens is 601 g/mol. The Hall–Kier alpha value is -2.15. The largest absolute Gasteiger partial charge is 0.374 e. The predicted molar refractivity (Wildman–Crippen MR) is 198 cm³/mol. The lowest BCUT2D eigenvalue weighted by Gasteiger charge is -2.25. The number of hydrogen-bond donors (Lipinski definition) is 0. The minimum absolute atomic E-state index is 0.0909. The standard InChI is InChI=1S/C42H60O4S/c1-2-3-4-5-6-7-8-9-10-11-12-13-14-24-31-47-42-41(45-34-38-29-22-17-23-30-38)40(44-33-37-27-20-16-21-28-37)39(46-42)35-43-32-36-25-18-15-19-26-36/h15-23,25-30,39-42H,2-14,24,31-35H2,1H3/t39-,40-,41+,42+/m1/s1. The van der Waals surface area contributed by atoms with Crippen molar-refractivity contribution in [2.24, 2.45) is 0 Å². The van der Waals surface area contributed by atoms with E-state index in [0.717, 1.165) is 22.4 Å². The van der Waals surface area contributed by atoms with Crippen molar-refractivity contribution in [1.29, 1.82) is 0 Å². The molecule has 47 heavy (non-hydrogen) atoms. The van der Waals surface area contributed by atoms with E-state index in [1.165, 1.54) is 89.9 Å². The molecule has 0 radical (unpaired) electrons. The van der Waals surface area contributed by atoms with Crippen molar-refractivity contribution in [3.63, 3.8) is 0 Å². The fourth-order valence-electron chi connectivity index (χ4n) is 6.23. The molecule has 1 fully saturated rings. The van der Waals surface area contributed by atoms with Gasteiger partial charge in [0.05, 0.1) is 26.4 Å². The molecule has 0 spiro atoms. The zero-order chi connectivity index (χ0) is 32.6. The highest BCUT2D eigenvalue weighted by molar-refractivity contribution is 7.99. The Balaban J connectivity index is 1.23. The fraction of sp³-hybridized carbons (Fsp3) is 0.571. The van der Waals surface area contributed by atoms with Gasteiger partial charge in [0.15, 0.2) is 0 Å². The second kappa shape index (κ2) is 24.1. The van der Waals surface area contributed by atoms with Gasteiger partial charge in [0.1, 0.15) is 23.7 Å². The quantitative estimate of drug-likeness (QED) is 0.0801. The molecule has 0 bridgehead atoms. The van der Waals surface area contributed by atoms with Gasteiger partial charge in [0.2, 0.25) is 0 Å². The molecule has 4 nitrogen and oxygen atoms in total. The minimum Gasteiger partial charge on any atom is -0.374 e. The molecule has 3 aromatic rings. The first-order chi connectivity index (χ1) is 23.3. The summed E-state index contributed by atoms with van der Waals surface area (Å²) in [6.07, 6.45) is 18.7. The predicted octanol–water partition coefficient (Wildman–Crippen LogP) is 11.3. The van der Waals surface area contributed by atoms with Crippen molar-refractivity contribution in [2.75, 3.05) is 12.4 Å². The van der Waals surface area contributed by atoms with Gasteiger partial charge in [0, 0.05) is 0 Å². The molecule has 1 heterocycles. The molecule has 1 aliphatic rings. The molecule has 4 rings (SSSR count). The van der Waals surface area contributed by atoms with E-state index in [1.54, 1.807) is 0 Å². The molecule has 0 unspecified atom stereocenters. The zero-order valence-corrected chi connectivity index (χ0v) is 29.8. The molecule has 1 saturated heterocycles. The van der Waals surface area contributed by atoms with Crippen molar-refractivity contribution < 1.29 is 18.9 Å². The lowest BCUT2D eigenvalue weighted by Crippen LogP contribution is -2.38. The second-order valence-electron chi connectivity index (χ2n) is 13.0. The second-order valence-corrected chi connectivity index (χ2v) is 14.2. The van der Waals surface area contributed by atoms with Crippen molar-refractivity contribution >= 4 is 11.8 Å². The van der Waals surface area contributed by atoms with Crippen LogP contribution in [0.25, 0.3) is 0 Å². The average molecular weight is 661 g/mol. The van der Waals surface area contributed by atoms with Crippen LogP contribution in [0.1, 0.15) is 114 Å². The van der Waals surface area contributed by atoms with Gasteiger partial charge in [-0.3, -0.25) is 0 Å². The average Bonchev–Trinajstić information content (AvgIpc) is 3.45. The van der Waals surface area contributed by atoms with Crippen LogP contribution in [0.4, 0.5) is 0 Å². The Morgan fingerprint density at radius 3 is 1.43 bits per heavy atom. The van der Waals surface area contributed by atoms with E-state index in [-0.39, 0.29) is 23.7 Å². The van der Waals surface area contributed by atoms with E-state index in [4.69, 9.17) is 18.9 Å². The third-order valence-corrected chi connectivity index (χ3v) is 10.2. The minimum atomic E-state index is -0.219. The number of ether oxygens (including phenoxy) is 4. The molecule has 258 valence electrons. The van der Waals surface area contributed by atoms with E-state index < -0.39 is 0 Å². The smallest absolute Gasteiger partial charge is 0.132 e. The highest BCUT2D eigenvalue weighted by Crippen LogP contribution is 2.35. The van der Waals surface area contributed by atoms with Gasteiger partial charge in [0.25, 0.3) is 0 Å². The number of thioether (sulfide) groups is 1. The molecule has 1 aliphatic heterocycles. The Morgan fingerprint density at radius 1 is 0.511 bits per heavy atom. The normalized spacial score (nSPS) is 19.3. The fourth-order valence-corrected chi connectivity index (χ4v) is 7.48. The first-order valence-corrected chi connectivity index (χ1v) is 19.6. The van der Waals surface area contributed by atoms with Gasteiger partial charge in [-0.05, 0) is 28.9 Å². The summed E-state index contributed by atoms with van der Waals surface area (Å²) in [6.45, 7) is 4.37. The van der Waals surface area contributed by atoms with Gasteiger partial charge in [-0.25, -0.2) is 0 Å². The van der Waals surface area contributed by atoms with Crippen LogP contribution in [-0.2, 0) is 38.8 Å². The van der Waals surface area contributed by atoms with Crippen molar-refractivity contribution in [3.8, 4) is 0 Å². The summed E-state index contributed by atoms with van der Waals surface area (Å²) in [4.78, 5) is 0. The molecule has 0 aromatic heterocycles. The maximum absolute atomic E-state index is 6.71. The number of hydrogen-bond acceptors (Lipinski definition) is 5. The molecule has 0 amide bonds. The zero-order valence-electron chi connectivity index (χ0n) is 28.9. The number of benzene rings is 3. The Morgan fingerprint density at radius 2 is 0.936 bits per heavy atom. The monoisotopic (exact) mass is 660 g/mol. The summed E-state index contributed by atoms with van der Waals surface area (Å²) in [7, 11) is 0. The van der Waals surface area contributed by atoms with Crippen LogP contribution in [0.2, 0.25) is 0 Å². The van der Waals surface area contributed by atoms with Crippen LogP contribution in [0.15, 0.2) is 91.0 Å². The Kier molecular flexibility index (Phi) is 19.3. The van der Waals surface area contributed by atoms with Crippen LogP contribution in [-0.4, -0.2) is 36.1 Å². The van der Waals surface area contributed by atoms with E-state index in [2.05, 4.69) is 67.6 Å². The van der Waals surface area contributed by atoms with E-state index >= 15 is 0 Å². The van der Waals surface area contributed by atoms with Crippen molar-refractivity contribution in [3.05, 3.63) is 108 Å². The van der Waals surface area contributed by atoms with Gasteiger partial charge < -0.3 is 18.9 Å². The Bertz CT molecular complexity index is 1150. The van der Waals surface area contributed by atoms with Crippen LogP contribution < -0.4 is 0 Å². The molecule has 0 N–H and O–H groups in total. The van der Waals surface area contributed by atoms with Crippen LogP contribution in [0, 0.1) is 0 Å². The Labute approximate surface area is 290 Å². The third-order valence-electron chi connectivity index (χ3n) is 9.01. The van der Waals surface area contributed by atoms with Crippen molar-refractivity contribution in [1.82, 2.24) is 0 Å². The van der Waals surface area contributed by atoms with E-state index in [1.807, 2.05) is 42.1 Å². The molecule has 4 atom stereocenters. The first-order valence-electron chi connectivity index (χ1n) is 18.5. The summed E-state index contributed by atoms with van der Waals surface area (Å²) in [5.41, 5.74) is 3.38. The topological polar surface area (TPSA) is 36.9 Å². The van der Waals surface area contributed by atoms with E-state index in [0.29, 0.717) is 26.4 Å². The maximum Gasteiger partial charge on any atom is 0.132 e. The van der Waals surface area contributed by atoms with Crippen LogP contribution in [0.3, 0.4) is 0 Å². The van der Waals surface area contributed by atoms with Crippen LogP contribution in [0.5, 0.6) is 0 Å². The summed E-state index contributed by atoms with van der Waals surface area (Å²) >= 11 is 1.89. The van der Waals surface area contributed by atoms with Crippen LogP contribution >= 0.6 is 11.8 Å². The number of unbranched alkanes of at least 4 members (excludes halogenated alkanes) is 13. The van der Waals surface area contributed by atoms with E-state index in [9.17, 15) is 0 Å². The van der Waals surface area contributed by atoms with Gasteiger partial charge >= 0.3 is 0 Å². The summed E-state index contributed by atoms with van der Waals surface area (Å²) in [5.74, 6) is 1.07. The molecular formula is C42H60O4S. The third kappa shape index (κ3) is 15.3. The molecule has 5 heteroatoms. The van der Waals surface area contributed by atoms with Gasteiger partial charge in [-0.1, -0.05) is 181 Å².